The van der Waals surface area contributed by atoms with Gasteiger partial charge >= 0.3 is 0 Å². The van der Waals surface area contributed by atoms with Gasteiger partial charge in [0, 0.05) is 17.2 Å². The third-order valence-corrected chi connectivity index (χ3v) is 8.21. The lowest BCUT2D eigenvalue weighted by Gasteiger charge is -2.31. The molecule has 2 aromatic carbocycles. The number of H-pyrrole nitrogens is 1. The normalized spacial score (nSPS) is 21.1. The van der Waals surface area contributed by atoms with E-state index in [4.69, 9.17) is 4.74 Å². The number of carbonyl (C=O) groups is 1. The number of carbonyl (C=O) groups excluding carboxylic acids is 1. The Morgan fingerprint density at radius 1 is 1.24 bits per heavy atom. The predicted molar refractivity (Wildman–Crippen MR) is 128 cm³/mol. The Balaban J connectivity index is 1.67. The van der Waals surface area contributed by atoms with Crippen molar-refractivity contribution in [1.82, 2.24) is 15.1 Å². The quantitative estimate of drug-likeness (QED) is 0.556. The molecule has 9 heteroatoms. The summed E-state index contributed by atoms with van der Waals surface area (Å²) in [5.74, 6) is 0.457. The van der Waals surface area contributed by atoms with Crippen LogP contribution < -0.4 is 4.74 Å². The zero-order chi connectivity index (χ0) is 24.0. The van der Waals surface area contributed by atoms with Crippen molar-refractivity contribution in [3.05, 3.63) is 64.8 Å². The van der Waals surface area contributed by atoms with Gasteiger partial charge in [0.1, 0.15) is 22.9 Å². The number of fused-ring (bicyclic) bond motifs is 1. The highest BCUT2D eigenvalue weighted by Gasteiger charge is 2.48. The van der Waals surface area contributed by atoms with Gasteiger partial charge in [-0.2, -0.15) is 5.10 Å². The maximum absolute atomic E-state index is 13.6. The molecule has 1 aromatic heterocycles. The summed E-state index contributed by atoms with van der Waals surface area (Å²) in [4.78, 5) is 15.3. The van der Waals surface area contributed by atoms with Crippen molar-refractivity contribution >= 4 is 15.7 Å². The monoisotopic (exact) mass is 481 g/mol. The van der Waals surface area contributed by atoms with Gasteiger partial charge in [0.25, 0.3) is 5.91 Å². The molecule has 1 saturated heterocycles. The van der Waals surface area contributed by atoms with Gasteiger partial charge < -0.3 is 14.7 Å². The van der Waals surface area contributed by atoms with E-state index in [9.17, 15) is 18.3 Å². The van der Waals surface area contributed by atoms with E-state index in [-0.39, 0.29) is 23.2 Å². The number of benzene rings is 2. The summed E-state index contributed by atoms with van der Waals surface area (Å²) < 4.78 is 30.4. The number of aromatic nitrogens is 2. The number of hydrogen-bond acceptors (Lipinski definition) is 6. The maximum Gasteiger partial charge on any atom is 0.273 e. The van der Waals surface area contributed by atoms with Crippen LogP contribution in [-0.2, 0) is 9.84 Å². The fourth-order valence-electron chi connectivity index (χ4n) is 4.90. The van der Waals surface area contributed by atoms with Crippen LogP contribution in [0.4, 0.5) is 0 Å². The van der Waals surface area contributed by atoms with E-state index < -0.39 is 21.9 Å². The van der Waals surface area contributed by atoms with Gasteiger partial charge in [0.2, 0.25) is 0 Å². The van der Waals surface area contributed by atoms with Crippen molar-refractivity contribution in [3.8, 4) is 22.8 Å². The van der Waals surface area contributed by atoms with Crippen LogP contribution in [0.5, 0.6) is 11.5 Å². The Morgan fingerprint density at radius 3 is 2.79 bits per heavy atom. The first-order valence-electron chi connectivity index (χ1n) is 11.4. The zero-order valence-corrected chi connectivity index (χ0v) is 19.9. The SMILES string of the molecule is CCCOc1cccc(C2c3c(-c4cc(C)ccc4O)n[nH]c3C(=O)N2C2CCS(=O)(=O)C2)c1. The summed E-state index contributed by atoms with van der Waals surface area (Å²) in [6.07, 6.45) is 1.25. The molecule has 2 N–H and O–H groups in total. The van der Waals surface area contributed by atoms with Crippen LogP contribution in [0.1, 0.15) is 53.0 Å². The van der Waals surface area contributed by atoms with Crippen molar-refractivity contribution in [2.45, 2.75) is 38.8 Å². The number of amides is 1. The van der Waals surface area contributed by atoms with E-state index in [0.717, 1.165) is 17.5 Å². The Labute approximate surface area is 198 Å². The Kier molecular flexibility index (Phi) is 5.59. The van der Waals surface area contributed by atoms with E-state index in [1.165, 1.54) is 0 Å². The molecule has 2 aliphatic rings. The minimum atomic E-state index is -3.21. The third-order valence-electron chi connectivity index (χ3n) is 6.46. The Bertz CT molecular complexity index is 1360. The second kappa shape index (κ2) is 8.47. The molecule has 3 aromatic rings. The van der Waals surface area contributed by atoms with Crippen molar-refractivity contribution in [2.75, 3.05) is 18.1 Å². The Morgan fingerprint density at radius 2 is 2.06 bits per heavy atom. The molecule has 1 amide bonds. The summed E-state index contributed by atoms with van der Waals surface area (Å²) in [6, 6.07) is 11.8. The van der Waals surface area contributed by atoms with Gasteiger partial charge in [-0.05, 0) is 49.6 Å². The number of aromatic amines is 1. The molecule has 0 bridgehead atoms. The first-order chi connectivity index (χ1) is 16.3. The van der Waals surface area contributed by atoms with Gasteiger partial charge in [-0.3, -0.25) is 9.89 Å². The van der Waals surface area contributed by atoms with E-state index in [0.29, 0.717) is 41.3 Å². The molecule has 0 radical (unpaired) electrons. The van der Waals surface area contributed by atoms with Crippen molar-refractivity contribution < 1.29 is 23.1 Å². The molecule has 2 atom stereocenters. The van der Waals surface area contributed by atoms with E-state index in [1.54, 1.807) is 17.0 Å². The number of rotatable bonds is 6. The van der Waals surface area contributed by atoms with Gasteiger partial charge in [-0.25, -0.2) is 8.42 Å². The maximum atomic E-state index is 13.6. The number of aryl methyl sites for hydroxylation is 1. The second-order valence-electron chi connectivity index (χ2n) is 8.97. The number of aromatic hydroxyl groups is 1. The lowest BCUT2D eigenvalue weighted by atomic mass is 9.94. The minimum Gasteiger partial charge on any atom is -0.507 e. The van der Waals surface area contributed by atoms with Gasteiger partial charge in [0.05, 0.1) is 24.2 Å². The number of hydrogen-bond donors (Lipinski definition) is 2. The first kappa shape index (κ1) is 22.5. The summed E-state index contributed by atoms with van der Waals surface area (Å²) in [5, 5.41) is 17.9. The van der Waals surface area contributed by atoms with Crippen LogP contribution in [0.3, 0.4) is 0 Å². The van der Waals surface area contributed by atoms with Gasteiger partial charge in [-0.15, -0.1) is 0 Å². The highest BCUT2D eigenvalue weighted by Crippen LogP contribution is 2.47. The number of phenols is 1. The summed E-state index contributed by atoms with van der Waals surface area (Å²) in [5.41, 5.74) is 3.72. The van der Waals surface area contributed by atoms with E-state index in [1.807, 2.05) is 44.2 Å². The molecule has 0 aliphatic carbocycles. The largest absolute Gasteiger partial charge is 0.507 e. The average molecular weight is 482 g/mol. The lowest BCUT2D eigenvalue weighted by Crippen LogP contribution is -2.40. The van der Waals surface area contributed by atoms with Gasteiger partial charge in [0.15, 0.2) is 9.84 Å². The number of nitrogens with one attached hydrogen (secondary N) is 1. The molecule has 178 valence electrons. The fourth-order valence-corrected chi connectivity index (χ4v) is 6.61. The molecule has 2 aliphatic heterocycles. The summed E-state index contributed by atoms with van der Waals surface area (Å²) >= 11 is 0. The third kappa shape index (κ3) is 3.83. The number of sulfone groups is 1. The molecule has 0 spiro atoms. The molecule has 8 nitrogen and oxygen atoms in total. The number of ether oxygens (including phenoxy) is 1. The molecule has 3 heterocycles. The molecule has 34 heavy (non-hydrogen) atoms. The van der Waals surface area contributed by atoms with E-state index in [2.05, 4.69) is 10.2 Å². The fraction of sp³-hybridized carbons (Fsp3) is 0.360. The van der Waals surface area contributed by atoms with Crippen molar-refractivity contribution in [2.24, 2.45) is 0 Å². The standard InChI is InChI=1S/C25H27N3O5S/c1-3-10-33-18-6-4-5-16(13-18)24-21-22(19-12-15(2)7-8-20(19)29)26-27-23(21)25(30)28(24)17-9-11-34(31,32)14-17/h4-8,12-13,17,24,29H,3,9-11,14H2,1-2H3,(H,26,27). The highest BCUT2D eigenvalue weighted by molar-refractivity contribution is 7.91. The lowest BCUT2D eigenvalue weighted by molar-refractivity contribution is 0.0677. The van der Waals surface area contributed by atoms with Crippen LogP contribution in [0.25, 0.3) is 11.3 Å². The predicted octanol–water partition coefficient (Wildman–Crippen LogP) is 3.61. The Hall–Kier alpha value is -3.33. The zero-order valence-electron chi connectivity index (χ0n) is 19.1. The molecular formula is C25H27N3O5S. The second-order valence-corrected chi connectivity index (χ2v) is 11.2. The minimum absolute atomic E-state index is 0.0610. The average Bonchev–Trinajstić information content (AvgIpc) is 3.47. The van der Waals surface area contributed by atoms with Crippen LogP contribution in [-0.4, -0.2) is 58.7 Å². The topological polar surface area (TPSA) is 113 Å². The smallest absolute Gasteiger partial charge is 0.273 e. The molecule has 1 fully saturated rings. The summed E-state index contributed by atoms with van der Waals surface area (Å²) in [6.45, 7) is 4.51. The first-order valence-corrected chi connectivity index (χ1v) is 13.3. The number of phenolic OH excluding ortho intramolecular Hbond substituents is 1. The molecule has 0 saturated carbocycles. The van der Waals surface area contributed by atoms with Crippen LogP contribution >= 0.6 is 0 Å². The van der Waals surface area contributed by atoms with E-state index >= 15 is 0 Å². The number of nitrogens with zero attached hydrogens (tertiary/aromatic N) is 2. The highest BCUT2D eigenvalue weighted by atomic mass is 32.2. The molecule has 5 rings (SSSR count). The summed E-state index contributed by atoms with van der Waals surface area (Å²) in [7, 11) is -3.21. The van der Waals surface area contributed by atoms with Crippen molar-refractivity contribution in [3.63, 3.8) is 0 Å². The van der Waals surface area contributed by atoms with Crippen molar-refractivity contribution in [1.29, 1.82) is 0 Å². The van der Waals surface area contributed by atoms with Crippen LogP contribution in [0.15, 0.2) is 42.5 Å². The van der Waals surface area contributed by atoms with Crippen LogP contribution in [0, 0.1) is 6.92 Å². The molecular weight excluding hydrogens is 454 g/mol. The molecule has 2 unspecified atom stereocenters. The van der Waals surface area contributed by atoms with Gasteiger partial charge in [-0.1, -0.05) is 30.7 Å². The van der Waals surface area contributed by atoms with Crippen LogP contribution in [0.2, 0.25) is 0 Å².